The Morgan fingerprint density at radius 2 is 2.00 bits per heavy atom. The van der Waals surface area contributed by atoms with E-state index in [4.69, 9.17) is 0 Å². The topological polar surface area (TPSA) is 54.3 Å². The Balaban J connectivity index is 1.70. The van der Waals surface area contributed by atoms with Gasteiger partial charge >= 0.3 is 0 Å². The summed E-state index contributed by atoms with van der Waals surface area (Å²) in [7, 11) is 1.90. The van der Waals surface area contributed by atoms with E-state index in [1.165, 1.54) is 0 Å². The predicted octanol–water partition coefficient (Wildman–Crippen LogP) is 2.58. The molecule has 1 heterocycles. The van der Waals surface area contributed by atoms with Crippen LogP contribution in [0.5, 0.6) is 0 Å². The molecular formula is C18H22N2O2. The van der Waals surface area contributed by atoms with Crippen molar-refractivity contribution < 1.29 is 9.90 Å². The van der Waals surface area contributed by atoms with E-state index in [-0.39, 0.29) is 17.9 Å². The Morgan fingerprint density at radius 3 is 2.68 bits per heavy atom. The first-order chi connectivity index (χ1) is 10.7. The third-order valence-electron chi connectivity index (χ3n) is 4.57. The van der Waals surface area contributed by atoms with Gasteiger partial charge in [0.15, 0.2) is 0 Å². The number of benzene rings is 1. The second-order valence-electron chi connectivity index (χ2n) is 6.00. The smallest absolute Gasteiger partial charge is 0.267 e. The second-order valence-corrected chi connectivity index (χ2v) is 6.00. The molecule has 2 aromatic rings. The Kier molecular flexibility index (Phi) is 4.29. The van der Waals surface area contributed by atoms with Gasteiger partial charge < -0.3 is 15.0 Å². The molecule has 1 saturated carbocycles. The van der Waals surface area contributed by atoms with Crippen LogP contribution in [0.25, 0.3) is 11.3 Å². The molecule has 1 aromatic carbocycles. The van der Waals surface area contributed by atoms with Gasteiger partial charge in [0.1, 0.15) is 5.69 Å². The molecule has 1 aliphatic carbocycles. The maximum atomic E-state index is 12.4. The van der Waals surface area contributed by atoms with Crippen LogP contribution in [-0.2, 0) is 7.05 Å². The van der Waals surface area contributed by atoms with Gasteiger partial charge in [0.05, 0.1) is 6.10 Å². The minimum Gasteiger partial charge on any atom is -0.393 e. The van der Waals surface area contributed by atoms with Crippen LogP contribution in [0.3, 0.4) is 0 Å². The van der Waals surface area contributed by atoms with E-state index in [0.717, 1.165) is 30.5 Å². The fourth-order valence-corrected chi connectivity index (χ4v) is 3.21. The Hall–Kier alpha value is -2.07. The summed E-state index contributed by atoms with van der Waals surface area (Å²) < 4.78 is 1.91. The number of nitrogens with one attached hydrogen (secondary N) is 1. The number of carbonyl (C=O) groups excluding carboxylic acids is 1. The SMILES string of the molecule is Cn1c(C(=O)NCC2CCCC2O)ccc1-c1ccccc1. The van der Waals surface area contributed by atoms with Crippen LogP contribution in [0.15, 0.2) is 42.5 Å². The number of aromatic nitrogens is 1. The number of rotatable bonds is 4. The number of aliphatic hydroxyl groups is 1. The van der Waals surface area contributed by atoms with E-state index in [1.807, 2.05) is 54.1 Å². The molecule has 2 atom stereocenters. The van der Waals surface area contributed by atoms with E-state index in [9.17, 15) is 9.90 Å². The van der Waals surface area contributed by atoms with Crippen molar-refractivity contribution in [3.05, 3.63) is 48.2 Å². The van der Waals surface area contributed by atoms with Crippen LogP contribution in [0.2, 0.25) is 0 Å². The average molecular weight is 298 g/mol. The predicted molar refractivity (Wildman–Crippen MR) is 86.5 cm³/mol. The molecule has 1 aromatic heterocycles. The summed E-state index contributed by atoms with van der Waals surface area (Å²) in [4.78, 5) is 12.4. The lowest BCUT2D eigenvalue weighted by atomic mass is 10.1. The third-order valence-corrected chi connectivity index (χ3v) is 4.57. The summed E-state index contributed by atoms with van der Waals surface area (Å²) in [6.07, 6.45) is 2.62. The number of hydrogen-bond donors (Lipinski definition) is 2. The van der Waals surface area contributed by atoms with Crippen molar-refractivity contribution in [3.8, 4) is 11.3 Å². The van der Waals surface area contributed by atoms with E-state index >= 15 is 0 Å². The largest absolute Gasteiger partial charge is 0.393 e. The first-order valence-corrected chi connectivity index (χ1v) is 7.84. The van der Waals surface area contributed by atoms with Gasteiger partial charge in [-0.05, 0) is 30.5 Å². The van der Waals surface area contributed by atoms with Gasteiger partial charge in [0, 0.05) is 25.2 Å². The minimum atomic E-state index is -0.270. The molecule has 2 N–H and O–H groups in total. The molecule has 4 nitrogen and oxygen atoms in total. The van der Waals surface area contributed by atoms with Crippen LogP contribution in [-0.4, -0.2) is 28.2 Å². The number of nitrogens with zero attached hydrogens (tertiary/aromatic N) is 1. The summed E-state index contributed by atoms with van der Waals surface area (Å²) >= 11 is 0. The molecule has 0 saturated heterocycles. The van der Waals surface area contributed by atoms with Crippen molar-refractivity contribution in [2.24, 2.45) is 13.0 Å². The zero-order chi connectivity index (χ0) is 15.5. The lowest BCUT2D eigenvalue weighted by Crippen LogP contribution is -2.33. The highest BCUT2D eigenvalue weighted by Gasteiger charge is 2.25. The van der Waals surface area contributed by atoms with E-state index in [1.54, 1.807) is 0 Å². The molecule has 0 radical (unpaired) electrons. The van der Waals surface area contributed by atoms with Crippen LogP contribution in [0, 0.1) is 5.92 Å². The standard InChI is InChI=1S/C18H22N2O2/c1-20-15(13-6-3-2-4-7-13)10-11-16(20)18(22)19-12-14-8-5-9-17(14)21/h2-4,6-7,10-11,14,17,21H,5,8-9,12H2,1H3,(H,19,22). The molecule has 0 spiro atoms. The quantitative estimate of drug-likeness (QED) is 0.911. The first kappa shape index (κ1) is 14.9. The molecule has 1 aliphatic rings. The van der Waals surface area contributed by atoms with Crippen LogP contribution in [0.4, 0.5) is 0 Å². The second kappa shape index (κ2) is 6.36. The highest BCUT2D eigenvalue weighted by Crippen LogP contribution is 2.25. The fourth-order valence-electron chi connectivity index (χ4n) is 3.21. The average Bonchev–Trinajstić information content (AvgIpc) is 3.12. The summed E-state index contributed by atoms with van der Waals surface area (Å²) in [6.45, 7) is 0.547. The first-order valence-electron chi connectivity index (χ1n) is 7.84. The van der Waals surface area contributed by atoms with E-state index < -0.39 is 0 Å². The lowest BCUT2D eigenvalue weighted by molar-refractivity contribution is 0.0909. The van der Waals surface area contributed by atoms with Crippen LogP contribution >= 0.6 is 0 Å². The van der Waals surface area contributed by atoms with Crippen molar-refractivity contribution in [2.75, 3.05) is 6.54 Å². The molecule has 0 bridgehead atoms. The van der Waals surface area contributed by atoms with Gasteiger partial charge in [-0.1, -0.05) is 36.8 Å². The molecule has 2 unspecified atom stereocenters. The minimum absolute atomic E-state index is 0.0798. The van der Waals surface area contributed by atoms with Crippen molar-refractivity contribution in [1.82, 2.24) is 9.88 Å². The van der Waals surface area contributed by atoms with Crippen molar-refractivity contribution in [1.29, 1.82) is 0 Å². The maximum absolute atomic E-state index is 12.4. The van der Waals surface area contributed by atoms with Gasteiger partial charge in [-0.3, -0.25) is 4.79 Å². The molecule has 116 valence electrons. The summed E-state index contributed by atoms with van der Waals surface area (Å²) in [6, 6.07) is 13.8. The fraction of sp³-hybridized carbons (Fsp3) is 0.389. The number of amides is 1. The zero-order valence-corrected chi connectivity index (χ0v) is 12.8. The number of aliphatic hydroxyl groups excluding tert-OH is 1. The van der Waals surface area contributed by atoms with Crippen LogP contribution < -0.4 is 5.32 Å². The van der Waals surface area contributed by atoms with Gasteiger partial charge in [-0.2, -0.15) is 0 Å². The molecule has 0 aliphatic heterocycles. The zero-order valence-electron chi connectivity index (χ0n) is 12.8. The van der Waals surface area contributed by atoms with Gasteiger partial charge in [-0.25, -0.2) is 0 Å². The monoisotopic (exact) mass is 298 g/mol. The van der Waals surface area contributed by atoms with E-state index in [0.29, 0.717) is 12.2 Å². The molecule has 3 rings (SSSR count). The van der Waals surface area contributed by atoms with E-state index in [2.05, 4.69) is 5.32 Å². The Bertz CT molecular complexity index is 648. The highest BCUT2D eigenvalue weighted by atomic mass is 16.3. The summed E-state index contributed by atoms with van der Waals surface area (Å²) in [5.41, 5.74) is 2.76. The maximum Gasteiger partial charge on any atom is 0.267 e. The van der Waals surface area contributed by atoms with Gasteiger partial charge in [0.25, 0.3) is 5.91 Å². The third kappa shape index (κ3) is 2.92. The summed E-state index contributed by atoms with van der Waals surface area (Å²) in [5.74, 6) is 0.113. The Morgan fingerprint density at radius 1 is 1.23 bits per heavy atom. The number of hydrogen-bond acceptors (Lipinski definition) is 2. The number of carbonyl (C=O) groups is 1. The molecule has 4 heteroatoms. The molecule has 1 fully saturated rings. The summed E-state index contributed by atoms with van der Waals surface area (Å²) in [5, 5.41) is 12.8. The van der Waals surface area contributed by atoms with Gasteiger partial charge in [-0.15, -0.1) is 0 Å². The molecule has 22 heavy (non-hydrogen) atoms. The Labute approximate surface area is 130 Å². The van der Waals surface area contributed by atoms with Crippen molar-refractivity contribution >= 4 is 5.91 Å². The van der Waals surface area contributed by atoms with Crippen molar-refractivity contribution in [2.45, 2.75) is 25.4 Å². The normalized spacial score (nSPS) is 21.0. The lowest BCUT2D eigenvalue weighted by Gasteiger charge is -2.15. The van der Waals surface area contributed by atoms with Gasteiger partial charge in [0.2, 0.25) is 0 Å². The molecular weight excluding hydrogens is 276 g/mol. The van der Waals surface area contributed by atoms with Crippen molar-refractivity contribution in [3.63, 3.8) is 0 Å². The highest BCUT2D eigenvalue weighted by molar-refractivity contribution is 5.93. The van der Waals surface area contributed by atoms with Crippen LogP contribution in [0.1, 0.15) is 29.8 Å². The molecule has 1 amide bonds.